The maximum atomic E-state index is 12.0. The molecule has 2 N–H and O–H groups in total. The number of nitrogens with zero attached hydrogens (tertiary/aromatic N) is 1. The number of likely N-dealkylation sites (N-methyl/N-ethyl adjacent to an activating group) is 1. The second-order valence-corrected chi connectivity index (χ2v) is 2.80. The molecule has 2 atom stereocenters. The molecule has 1 rings (SSSR count). The van der Waals surface area contributed by atoms with Gasteiger partial charge in [-0.1, -0.05) is 0 Å². The van der Waals surface area contributed by atoms with E-state index in [1.165, 1.54) is 0 Å². The van der Waals surface area contributed by atoms with Gasteiger partial charge in [0, 0.05) is 25.0 Å². The number of halogens is 1. The average molecular weight is 132 g/mol. The first kappa shape index (κ1) is 6.96. The first-order valence-electron chi connectivity index (χ1n) is 3.24. The molecule has 0 spiro atoms. The zero-order valence-electron chi connectivity index (χ0n) is 5.68. The van der Waals surface area contributed by atoms with Gasteiger partial charge in [-0.25, -0.2) is 0 Å². The minimum atomic E-state index is -0.272. The van der Waals surface area contributed by atoms with Gasteiger partial charge in [0.2, 0.25) is 0 Å². The third-order valence-corrected chi connectivity index (χ3v) is 1.87. The molecule has 0 amide bonds. The number of rotatable bonds is 1. The van der Waals surface area contributed by atoms with Crippen molar-refractivity contribution < 1.29 is 4.39 Å². The summed E-state index contributed by atoms with van der Waals surface area (Å²) in [5.74, 6) is 0.0787. The van der Waals surface area contributed by atoms with Crippen LogP contribution in [0.3, 0.4) is 0 Å². The Balaban J connectivity index is 2.38. The van der Waals surface area contributed by atoms with Crippen LogP contribution in [0.2, 0.25) is 0 Å². The van der Waals surface area contributed by atoms with Crippen LogP contribution in [0.5, 0.6) is 0 Å². The first-order valence-corrected chi connectivity index (χ1v) is 3.24. The van der Waals surface area contributed by atoms with E-state index in [0.717, 1.165) is 13.1 Å². The van der Waals surface area contributed by atoms with Crippen molar-refractivity contribution >= 4 is 0 Å². The Labute approximate surface area is 54.8 Å². The average Bonchev–Trinajstić information content (AvgIpc) is 2.10. The topological polar surface area (TPSA) is 29.3 Å². The molecule has 0 bridgehead atoms. The third-order valence-electron chi connectivity index (χ3n) is 1.87. The lowest BCUT2D eigenvalue weighted by molar-refractivity contribution is 0.335. The van der Waals surface area contributed by atoms with Crippen LogP contribution in [0.15, 0.2) is 0 Å². The van der Waals surface area contributed by atoms with Gasteiger partial charge >= 0.3 is 0 Å². The highest BCUT2D eigenvalue weighted by atomic mass is 19.1. The van der Waals surface area contributed by atoms with Crippen LogP contribution in [0.25, 0.3) is 0 Å². The summed E-state index contributed by atoms with van der Waals surface area (Å²) in [5, 5.41) is 0. The fourth-order valence-corrected chi connectivity index (χ4v) is 1.28. The SMILES string of the molecule is CN1CC(CF)[C@H](N)C1. The van der Waals surface area contributed by atoms with Crippen molar-refractivity contribution in [1.29, 1.82) is 0 Å². The summed E-state index contributed by atoms with van der Waals surface area (Å²) < 4.78 is 12.0. The zero-order chi connectivity index (χ0) is 6.85. The molecule has 3 heteroatoms. The van der Waals surface area contributed by atoms with Gasteiger partial charge in [0.05, 0.1) is 6.67 Å². The Bertz CT molecular complexity index is 97.1. The smallest absolute Gasteiger partial charge is 0.0950 e. The van der Waals surface area contributed by atoms with E-state index in [4.69, 9.17) is 5.73 Å². The van der Waals surface area contributed by atoms with E-state index >= 15 is 0 Å². The molecule has 0 radical (unpaired) electrons. The van der Waals surface area contributed by atoms with Gasteiger partial charge in [-0.2, -0.15) is 0 Å². The molecule has 1 saturated heterocycles. The van der Waals surface area contributed by atoms with Crippen LogP contribution in [-0.2, 0) is 0 Å². The van der Waals surface area contributed by atoms with Crippen molar-refractivity contribution in [3.63, 3.8) is 0 Å². The van der Waals surface area contributed by atoms with Crippen molar-refractivity contribution in [1.82, 2.24) is 4.90 Å². The molecule has 1 heterocycles. The summed E-state index contributed by atoms with van der Waals surface area (Å²) in [6.07, 6.45) is 0. The summed E-state index contributed by atoms with van der Waals surface area (Å²) in [6, 6.07) is 0.0556. The first-order chi connectivity index (χ1) is 4.24. The van der Waals surface area contributed by atoms with Gasteiger partial charge in [-0.05, 0) is 7.05 Å². The molecule has 0 aromatic rings. The monoisotopic (exact) mass is 132 g/mol. The normalized spacial score (nSPS) is 37.7. The van der Waals surface area contributed by atoms with E-state index in [2.05, 4.69) is 4.90 Å². The Morgan fingerprint density at radius 3 is 2.56 bits per heavy atom. The highest BCUT2D eigenvalue weighted by Crippen LogP contribution is 2.12. The molecular formula is C6H13FN2. The van der Waals surface area contributed by atoms with Crippen LogP contribution in [0.4, 0.5) is 4.39 Å². The largest absolute Gasteiger partial charge is 0.326 e. The lowest BCUT2D eigenvalue weighted by Gasteiger charge is -2.06. The quantitative estimate of drug-likeness (QED) is 0.537. The minimum absolute atomic E-state index is 0.0556. The molecule has 1 aliphatic heterocycles. The van der Waals surface area contributed by atoms with Gasteiger partial charge < -0.3 is 10.6 Å². The fraction of sp³-hybridized carbons (Fsp3) is 1.00. The van der Waals surface area contributed by atoms with Crippen LogP contribution in [0.1, 0.15) is 0 Å². The van der Waals surface area contributed by atoms with E-state index < -0.39 is 0 Å². The number of hydrogen-bond donors (Lipinski definition) is 1. The maximum Gasteiger partial charge on any atom is 0.0950 e. The molecular weight excluding hydrogens is 119 g/mol. The molecule has 1 aliphatic rings. The Morgan fingerprint density at radius 2 is 2.33 bits per heavy atom. The molecule has 2 nitrogen and oxygen atoms in total. The zero-order valence-corrected chi connectivity index (χ0v) is 5.68. The van der Waals surface area contributed by atoms with Crippen molar-refractivity contribution in [3.8, 4) is 0 Å². The summed E-state index contributed by atoms with van der Waals surface area (Å²) in [4.78, 5) is 2.06. The lowest BCUT2D eigenvalue weighted by Crippen LogP contribution is -2.30. The summed E-state index contributed by atoms with van der Waals surface area (Å²) in [7, 11) is 1.97. The molecule has 0 aromatic carbocycles. The summed E-state index contributed by atoms with van der Waals surface area (Å²) in [5.41, 5.74) is 5.60. The van der Waals surface area contributed by atoms with Crippen LogP contribution in [-0.4, -0.2) is 37.8 Å². The van der Waals surface area contributed by atoms with Gasteiger partial charge in [0.25, 0.3) is 0 Å². The molecule has 9 heavy (non-hydrogen) atoms. The van der Waals surface area contributed by atoms with Gasteiger partial charge in [-0.3, -0.25) is 4.39 Å². The number of hydrogen-bond acceptors (Lipinski definition) is 2. The fourth-order valence-electron chi connectivity index (χ4n) is 1.28. The molecule has 1 unspecified atom stereocenters. The number of nitrogens with two attached hydrogens (primary N) is 1. The molecule has 54 valence electrons. The van der Waals surface area contributed by atoms with E-state index in [-0.39, 0.29) is 18.6 Å². The molecule has 0 saturated carbocycles. The second kappa shape index (κ2) is 2.62. The lowest BCUT2D eigenvalue weighted by atomic mass is 10.1. The Hall–Kier alpha value is -0.150. The number of likely N-dealkylation sites (tertiary alicyclic amines) is 1. The van der Waals surface area contributed by atoms with Crippen molar-refractivity contribution in [2.75, 3.05) is 26.8 Å². The highest BCUT2D eigenvalue weighted by Gasteiger charge is 2.27. The van der Waals surface area contributed by atoms with E-state index in [1.807, 2.05) is 7.05 Å². The van der Waals surface area contributed by atoms with Crippen molar-refractivity contribution in [3.05, 3.63) is 0 Å². The Kier molecular flexibility index (Phi) is 2.03. The number of alkyl halides is 1. The van der Waals surface area contributed by atoms with Gasteiger partial charge in [-0.15, -0.1) is 0 Å². The van der Waals surface area contributed by atoms with Crippen LogP contribution < -0.4 is 5.73 Å². The summed E-state index contributed by atoms with van der Waals surface area (Å²) >= 11 is 0. The van der Waals surface area contributed by atoms with E-state index in [0.29, 0.717) is 0 Å². The predicted molar refractivity (Wildman–Crippen MR) is 34.9 cm³/mol. The third kappa shape index (κ3) is 1.40. The molecule has 0 aliphatic carbocycles. The van der Waals surface area contributed by atoms with E-state index in [1.54, 1.807) is 0 Å². The molecule has 1 fully saturated rings. The highest BCUT2D eigenvalue weighted by molar-refractivity contribution is 4.84. The van der Waals surface area contributed by atoms with Gasteiger partial charge in [0.1, 0.15) is 0 Å². The minimum Gasteiger partial charge on any atom is -0.326 e. The summed E-state index contributed by atoms with van der Waals surface area (Å²) in [6.45, 7) is 1.39. The van der Waals surface area contributed by atoms with Crippen molar-refractivity contribution in [2.45, 2.75) is 6.04 Å². The van der Waals surface area contributed by atoms with Crippen molar-refractivity contribution in [2.24, 2.45) is 11.7 Å². The second-order valence-electron chi connectivity index (χ2n) is 2.80. The van der Waals surface area contributed by atoms with Gasteiger partial charge in [0.15, 0.2) is 0 Å². The Morgan fingerprint density at radius 1 is 1.67 bits per heavy atom. The maximum absolute atomic E-state index is 12.0. The van der Waals surface area contributed by atoms with Crippen LogP contribution >= 0.6 is 0 Å². The molecule has 0 aromatic heterocycles. The van der Waals surface area contributed by atoms with E-state index in [9.17, 15) is 4.39 Å². The predicted octanol–water partition coefficient (Wildman–Crippen LogP) is -0.155. The standard InChI is InChI=1S/C6H13FN2/c1-9-3-5(2-7)6(8)4-9/h5-6H,2-4,8H2,1H3/t5?,6-/m1/s1. The van der Waals surface area contributed by atoms with Crippen LogP contribution in [0, 0.1) is 5.92 Å².